The Morgan fingerprint density at radius 2 is 1.83 bits per heavy atom. The normalized spacial score (nSPS) is 20.5. The summed E-state index contributed by atoms with van der Waals surface area (Å²) in [5.41, 5.74) is 3.26. The van der Waals surface area contributed by atoms with Crippen LogP contribution in [-0.2, 0) is 16.6 Å². The number of piperidine rings is 1. The van der Waals surface area contributed by atoms with E-state index in [-0.39, 0.29) is 23.8 Å². The minimum absolute atomic E-state index is 0.207. The predicted octanol–water partition coefficient (Wildman–Crippen LogP) is 4.60. The van der Waals surface area contributed by atoms with E-state index in [1.807, 2.05) is 38.8 Å². The zero-order valence-corrected chi connectivity index (χ0v) is 21.6. The van der Waals surface area contributed by atoms with Crippen molar-refractivity contribution in [3.8, 4) is 0 Å². The third kappa shape index (κ3) is 4.70. The van der Waals surface area contributed by atoms with Crippen LogP contribution in [0.2, 0.25) is 0 Å². The molecular weight excluding hydrogens is 458 g/mol. The number of ether oxygens (including phenoxy) is 1. The van der Waals surface area contributed by atoms with Crippen LogP contribution in [0.25, 0.3) is 16.5 Å². The number of hydrogen-bond acceptors (Lipinski definition) is 5. The summed E-state index contributed by atoms with van der Waals surface area (Å²) in [5, 5.41) is 7.86. The summed E-state index contributed by atoms with van der Waals surface area (Å²) in [7, 11) is 1.88. The summed E-state index contributed by atoms with van der Waals surface area (Å²) < 4.78 is 7.35. The second-order valence-electron chi connectivity index (χ2n) is 11.3. The lowest BCUT2D eigenvalue weighted by molar-refractivity contribution is -0.120. The minimum Gasteiger partial charge on any atom is -0.444 e. The van der Waals surface area contributed by atoms with Gasteiger partial charge in [0.25, 0.3) is 0 Å². The summed E-state index contributed by atoms with van der Waals surface area (Å²) in [6.07, 6.45) is 7.56. The first-order valence-corrected chi connectivity index (χ1v) is 12.8. The van der Waals surface area contributed by atoms with Crippen molar-refractivity contribution in [1.29, 1.82) is 0 Å². The number of nitrogens with zero attached hydrogens (tertiary/aromatic N) is 4. The summed E-state index contributed by atoms with van der Waals surface area (Å²) in [6, 6.07) is 5.86. The zero-order chi connectivity index (χ0) is 25.7. The van der Waals surface area contributed by atoms with Crippen LogP contribution in [-0.4, -0.2) is 57.9 Å². The number of allylic oxidation sites excluding steroid dienone is 2. The molecule has 5 rings (SSSR count). The van der Waals surface area contributed by atoms with Gasteiger partial charge in [-0.1, -0.05) is 12.1 Å². The Hall–Kier alpha value is -3.36. The molecule has 0 bridgehead atoms. The highest BCUT2D eigenvalue weighted by molar-refractivity contribution is 6.09. The number of aryl methyl sites for hydroxylation is 1. The SMILES string of the molecule is Cn1nc(N2CCC(=O)NC2=O)c2ccc(C3=CCC4(CC3)CCN(C(=O)OC(C)(C)C)CC4)cc21. The Morgan fingerprint density at radius 3 is 2.47 bits per heavy atom. The van der Waals surface area contributed by atoms with Crippen molar-refractivity contribution in [2.24, 2.45) is 12.5 Å². The van der Waals surface area contributed by atoms with E-state index >= 15 is 0 Å². The Bertz CT molecular complexity index is 1250. The van der Waals surface area contributed by atoms with Gasteiger partial charge in [-0.25, -0.2) is 9.59 Å². The van der Waals surface area contributed by atoms with Crippen molar-refractivity contribution >= 4 is 40.3 Å². The standard InChI is InChI=1S/C27H35N5O4/c1-26(2,3)36-25(35)31-15-12-27(13-16-31)10-7-18(8-11-27)19-5-6-20-21(17-19)30(4)29-23(20)32-14-9-22(33)28-24(32)34/h5-7,17H,8-16H2,1-4H3,(H,28,33,34). The molecule has 36 heavy (non-hydrogen) atoms. The van der Waals surface area contributed by atoms with Gasteiger partial charge in [-0.2, -0.15) is 5.10 Å². The van der Waals surface area contributed by atoms with E-state index in [4.69, 9.17) is 4.74 Å². The van der Waals surface area contributed by atoms with Crippen LogP contribution in [0.15, 0.2) is 24.3 Å². The van der Waals surface area contributed by atoms with E-state index in [0.717, 1.165) is 56.1 Å². The number of anilines is 1. The molecule has 9 heteroatoms. The molecule has 2 aromatic rings. The number of hydrogen-bond donors (Lipinski definition) is 1. The lowest BCUT2D eigenvalue weighted by Crippen LogP contribution is -2.49. The number of urea groups is 1. The van der Waals surface area contributed by atoms with Crippen molar-refractivity contribution in [3.05, 3.63) is 29.8 Å². The van der Waals surface area contributed by atoms with E-state index in [1.165, 1.54) is 16.0 Å². The molecule has 1 spiro atoms. The fourth-order valence-corrected chi connectivity index (χ4v) is 5.55. The van der Waals surface area contributed by atoms with E-state index in [2.05, 4.69) is 28.6 Å². The smallest absolute Gasteiger partial charge is 0.410 e. The molecule has 0 unspecified atom stereocenters. The number of aromatic nitrogens is 2. The Labute approximate surface area is 211 Å². The van der Waals surface area contributed by atoms with Crippen LogP contribution in [0.1, 0.15) is 64.9 Å². The first-order valence-electron chi connectivity index (χ1n) is 12.8. The highest BCUT2D eigenvalue weighted by Gasteiger charge is 2.38. The minimum atomic E-state index is -0.469. The van der Waals surface area contributed by atoms with Crippen LogP contribution in [0, 0.1) is 5.41 Å². The second kappa shape index (κ2) is 8.94. The van der Waals surface area contributed by atoms with Gasteiger partial charge < -0.3 is 9.64 Å². The molecule has 2 fully saturated rings. The molecule has 0 atom stereocenters. The van der Waals surface area contributed by atoms with Gasteiger partial charge in [0.1, 0.15) is 5.60 Å². The van der Waals surface area contributed by atoms with Crippen LogP contribution in [0.5, 0.6) is 0 Å². The molecule has 192 valence electrons. The number of likely N-dealkylation sites (tertiary alicyclic amines) is 1. The summed E-state index contributed by atoms with van der Waals surface area (Å²) >= 11 is 0. The van der Waals surface area contributed by atoms with Gasteiger partial charge >= 0.3 is 12.1 Å². The van der Waals surface area contributed by atoms with Gasteiger partial charge in [0.15, 0.2) is 5.82 Å². The fourth-order valence-electron chi connectivity index (χ4n) is 5.55. The molecule has 3 heterocycles. The van der Waals surface area contributed by atoms with Gasteiger partial charge in [0.2, 0.25) is 5.91 Å². The van der Waals surface area contributed by atoms with E-state index in [9.17, 15) is 14.4 Å². The summed E-state index contributed by atoms with van der Waals surface area (Å²) in [6.45, 7) is 7.53. The molecule has 2 aliphatic heterocycles. The highest BCUT2D eigenvalue weighted by atomic mass is 16.6. The summed E-state index contributed by atoms with van der Waals surface area (Å²) in [4.78, 5) is 39.7. The maximum atomic E-state index is 12.4. The number of imide groups is 1. The van der Waals surface area contributed by atoms with E-state index in [0.29, 0.717) is 12.4 Å². The van der Waals surface area contributed by atoms with Crippen LogP contribution >= 0.6 is 0 Å². The highest BCUT2D eigenvalue weighted by Crippen LogP contribution is 2.46. The number of nitrogens with one attached hydrogen (secondary N) is 1. The second-order valence-corrected chi connectivity index (χ2v) is 11.3. The van der Waals surface area contributed by atoms with Gasteiger partial charge in [-0.3, -0.25) is 19.7 Å². The number of carbonyl (C=O) groups is 3. The largest absolute Gasteiger partial charge is 0.444 e. The summed E-state index contributed by atoms with van der Waals surface area (Å²) in [5.74, 6) is 0.327. The number of carbonyl (C=O) groups excluding carboxylic acids is 3. The third-order valence-corrected chi connectivity index (χ3v) is 7.69. The van der Waals surface area contributed by atoms with Crippen molar-refractivity contribution in [3.63, 3.8) is 0 Å². The van der Waals surface area contributed by atoms with Gasteiger partial charge in [0, 0.05) is 38.5 Å². The first kappa shape index (κ1) is 24.3. The van der Waals surface area contributed by atoms with Crippen molar-refractivity contribution in [2.75, 3.05) is 24.5 Å². The molecular formula is C27H35N5O4. The van der Waals surface area contributed by atoms with Crippen molar-refractivity contribution in [1.82, 2.24) is 20.0 Å². The molecule has 0 radical (unpaired) electrons. The Balaban J connectivity index is 1.28. The maximum absolute atomic E-state index is 12.4. The van der Waals surface area contributed by atoms with Crippen molar-refractivity contribution in [2.45, 2.75) is 64.9 Å². The Morgan fingerprint density at radius 1 is 1.08 bits per heavy atom. The molecule has 0 saturated carbocycles. The van der Waals surface area contributed by atoms with Crippen LogP contribution < -0.4 is 10.2 Å². The lowest BCUT2D eigenvalue weighted by atomic mass is 9.68. The first-order chi connectivity index (χ1) is 17.0. The number of amides is 4. The van der Waals surface area contributed by atoms with Gasteiger partial charge in [-0.05, 0) is 81.6 Å². The van der Waals surface area contributed by atoms with E-state index in [1.54, 1.807) is 4.68 Å². The molecule has 3 aliphatic rings. The predicted molar refractivity (Wildman–Crippen MR) is 138 cm³/mol. The molecule has 1 aromatic carbocycles. The molecule has 1 aromatic heterocycles. The monoisotopic (exact) mass is 493 g/mol. The average Bonchev–Trinajstić information content (AvgIpc) is 3.14. The molecule has 9 nitrogen and oxygen atoms in total. The van der Waals surface area contributed by atoms with Crippen LogP contribution in [0.3, 0.4) is 0 Å². The lowest BCUT2D eigenvalue weighted by Gasteiger charge is -2.43. The zero-order valence-electron chi connectivity index (χ0n) is 21.6. The topological polar surface area (TPSA) is 96.8 Å². The fraction of sp³-hybridized carbons (Fsp3) is 0.556. The van der Waals surface area contributed by atoms with Gasteiger partial charge in [-0.15, -0.1) is 0 Å². The Kier molecular flexibility index (Phi) is 6.04. The average molecular weight is 494 g/mol. The number of fused-ring (bicyclic) bond motifs is 1. The maximum Gasteiger partial charge on any atom is 0.410 e. The molecule has 1 aliphatic carbocycles. The molecule has 1 N–H and O–H groups in total. The number of rotatable bonds is 2. The molecule has 4 amide bonds. The molecule has 2 saturated heterocycles. The third-order valence-electron chi connectivity index (χ3n) is 7.69. The van der Waals surface area contributed by atoms with Crippen molar-refractivity contribution < 1.29 is 19.1 Å². The van der Waals surface area contributed by atoms with Gasteiger partial charge in [0.05, 0.1) is 5.52 Å². The van der Waals surface area contributed by atoms with E-state index < -0.39 is 11.6 Å². The van der Waals surface area contributed by atoms with Crippen LogP contribution in [0.4, 0.5) is 15.4 Å². The quantitative estimate of drug-likeness (QED) is 0.659. The number of benzene rings is 1.